The minimum absolute atomic E-state index is 0.0638. The number of hydrogen-bond acceptors (Lipinski definition) is 7. The van der Waals surface area contributed by atoms with E-state index in [9.17, 15) is 27.2 Å². The molecule has 0 aromatic carbocycles. The number of imidazole rings is 1. The van der Waals surface area contributed by atoms with Crippen LogP contribution in [-0.4, -0.2) is 66.7 Å². The number of nitrogens with zero attached hydrogens (tertiary/aromatic N) is 6. The Labute approximate surface area is 182 Å². The smallest absolute Gasteiger partial charge is 0.318 e. The molecule has 2 aliphatic rings. The van der Waals surface area contributed by atoms with Gasteiger partial charge < -0.3 is 15.5 Å². The molecule has 11 nitrogen and oxygen atoms in total. The molecule has 33 heavy (non-hydrogen) atoms. The monoisotopic (exact) mass is 468 g/mol. The average Bonchev–Trinajstić information content (AvgIpc) is 3.13. The maximum atomic E-state index is 13.6. The highest BCUT2D eigenvalue weighted by Crippen LogP contribution is 2.55. The van der Waals surface area contributed by atoms with E-state index in [1.165, 1.54) is 16.9 Å². The van der Waals surface area contributed by atoms with Crippen LogP contribution >= 0.6 is 0 Å². The number of hydrogen-bond donors (Lipinski definition) is 2. The fourth-order valence-corrected chi connectivity index (χ4v) is 3.55. The van der Waals surface area contributed by atoms with E-state index in [4.69, 9.17) is 0 Å². The lowest BCUT2D eigenvalue weighted by Crippen LogP contribution is -2.56. The Kier molecular flexibility index (Phi) is 4.72. The van der Waals surface area contributed by atoms with Gasteiger partial charge in [0.1, 0.15) is 5.69 Å². The Hall–Kier alpha value is -3.78. The number of carbonyl (C=O) groups excluding carboxylic acids is 2. The van der Waals surface area contributed by atoms with Gasteiger partial charge in [0.15, 0.2) is 11.3 Å². The number of carbonyl (C=O) groups is 2. The van der Waals surface area contributed by atoms with Gasteiger partial charge in [-0.1, -0.05) is 5.16 Å². The van der Waals surface area contributed by atoms with E-state index in [0.29, 0.717) is 16.9 Å². The molecule has 15 heteroatoms. The van der Waals surface area contributed by atoms with Crippen LogP contribution in [0, 0.1) is 0 Å². The molecule has 1 saturated heterocycles. The van der Waals surface area contributed by atoms with E-state index in [0.717, 1.165) is 4.90 Å². The SMILES string of the molecule is O=C(NCc1cn2ncc(CN3CC(F)(F)CNC3=O)cc2n1)c1nonc1C1CC1(F)F. The number of alkyl halides is 4. The summed E-state index contributed by atoms with van der Waals surface area (Å²) in [5, 5.41) is 15.6. The van der Waals surface area contributed by atoms with Crippen LogP contribution in [-0.2, 0) is 13.1 Å². The Morgan fingerprint density at radius 1 is 1.30 bits per heavy atom. The maximum Gasteiger partial charge on any atom is 0.318 e. The molecule has 2 N–H and O–H groups in total. The van der Waals surface area contributed by atoms with Crippen LogP contribution in [0.2, 0.25) is 0 Å². The van der Waals surface area contributed by atoms with Gasteiger partial charge in [0.25, 0.3) is 17.8 Å². The van der Waals surface area contributed by atoms with Crippen LogP contribution in [0.3, 0.4) is 0 Å². The number of amides is 3. The summed E-state index contributed by atoms with van der Waals surface area (Å²) in [5.41, 5.74) is 0.747. The normalized spacial score (nSPS) is 21.2. The molecule has 174 valence electrons. The second-order valence-electron chi connectivity index (χ2n) is 7.97. The summed E-state index contributed by atoms with van der Waals surface area (Å²) in [4.78, 5) is 29.5. The zero-order chi connectivity index (χ0) is 23.4. The second-order valence-corrected chi connectivity index (χ2v) is 7.97. The van der Waals surface area contributed by atoms with Crippen molar-refractivity contribution in [2.45, 2.75) is 37.3 Å². The average molecular weight is 468 g/mol. The van der Waals surface area contributed by atoms with Crippen molar-refractivity contribution in [2.24, 2.45) is 0 Å². The van der Waals surface area contributed by atoms with E-state index in [1.54, 1.807) is 6.07 Å². The van der Waals surface area contributed by atoms with Crippen molar-refractivity contribution in [3.8, 4) is 0 Å². The molecule has 4 heterocycles. The third-order valence-corrected chi connectivity index (χ3v) is 5.32. The maximum absolute atomic E-state index is 13.6. The van der Waals surface area contributed by atoms with Crippen molar-refractivity contribution in [3.05, 3.63) is 41.1 Å². The third-order valence-electron chi connectivity index (χ3n) is 5.32. The van der Waals surface area contributed by atoms with Crippen molar-refractivity contribution in [1.82, 2.24) is 40.4 Å². The summed E-state index contributed by atoms with van der Waals surface area (Å²) in [6.07, 6.45) is 2.52. The first-order valence-corrected chi connectivity index (χ1v) is 9.83. The molecule has 3 amide bonds. The molecule has 1 saturated carbocycles. The van der Waals surface area contributed by atoms with Crippen molar-refractivity contribution in [3.63, 3.8) is 0 Å². The van der Waals surface area contributed by atoms with Crippen LogP contribution in [0.1, 0.15) is 39.8 Å². The van der Waals surface area contributed by atoms with E-state index in [1.807, 2.05) is 0 Å². The Morgan fingerprint density at radius 3 is 2.85 bits per heavy atom. The molecular weight excluding hydrogens is 452 g/mol. The van der Waals surface area contributed by atoms with Gasteiger partial charge in [-0.05, 0) is 16.8 Å². The molecule has 5 rings (SSSR count). The zero-order valence-corrected chi connectivity index (χ0v) is 16.8. The topological polar surface area (TPSA) is 131 Å². The van der Waals surface area contributed by atoms with Crippen LogP contribution in [0.4, 0.5) is 22.4 Å². The van der Waals surface area contributed by atoms with Crippen LogP contribution in [0.15, 0.2) is 23.1 Å². The number of aromatic nitrogens is 5. The zero-order valence-electron chi connectivity index (χ0n) is 16.8. The first-order valence-electron chi connectivity index (χ1n) is 9.83. The minimum atomic E-state index is -3.03. The molecule has 3 aromatic heterocycles. The largest absolute Gasteiger partial charge is 0.345 e. The summed E-state index contributed by atoms with van der Waals surface area (Å²) >= 11 is 0. The van der Waals surface area contributed by atoms with Gasteiger partial charge in [-0.15, -0.1) is 0 Å². The Bertz CT molecular complexity index is 1240. The number of urea groups is 1. The number of rotatable bonds is 6. The van der Waals surface area contributed by atoms with Crippen molar-refractivity contribution in [1.29, 1.82) is 0 Å². The first-order chi connectivity index (χ1) is 15.6. The standard InChI is InChI=1S/C18H16F4N8O3/c19-17(20)7-24-16(32)29(8-17)5-9-1-12-26-10(6-30(12)25-3-9)4-23-15(31)14-13(27-33-28-14)11-2-18(11,21)22/h1,3,6,11H,2,4-5,7-8H2,(H,23,31)(H,24,32). The Balaban J connectivity index is 1.25. The molecule has 3 aromatic rings. The van der Waals surface area contributed by atoms with Crippen molar-refractivity contribution < 1.29 is 31.8 Å². The molecule has 0 radical (unpaired) electrons. The van der Waals surface area contributed by atoms with E-state index >= 15 is 0 Å². The van der Waals surface area contributed by atoms with E-state index in [-0.39, 0.29) is 24.5 Å². The molecule has 1 aliphatic carbocycles. The van der Waals surface area contributed by atoms with Gasteiger partial charge in [-0.25, -0.2) is 36.5 Å². The predicted molar refractivity (Wildman–Crippen MR) is 99.5 cm³/mol. The van der Waals surface area contributed by atoms with Gasteiger partial charge >= 0.3 is 6.03 Å². The van der Waals surface area contributed by atoms with Crippen LogP contribution in [0.5, 0.6) is 0 Å². The molecule has 1 aliphatic heterocycles. The molecule has 0 spiro atoms. The quantitative estimate of drug-likeness (QED) is 0.522. The summed E-state index contributed by atoms with van der Waals surface area (Å²) in [5.74, 6) is -7.89. The van der Waals surface area contributed by atoms with Crippen molar-refractivity contribution in [2.75, 3.05) is 13.1 Å². The molecule has 0 bridgehead atoms. The lowest BCUT2D eigenvalue weighted by molar-refractivity contribution is -0.0367. The number of nitrogens with one attached hydrogen (secondary N) is 2. The van der Waals surface area contributed by atoms with Crippen LogP contribution < -0.4 is 10.6 Å². The lowest BCUT2D eigenvalue weighted by atomic mass is 10.2. The van der Waals surface area contributed by atoms with Gasteiger partial charge in [-0.2, -0.15) is 5.10 Å². The van der Waals surface area contributed by atoms with Gasteiger partial charge in [0.2, 0.25) is 0 Å². The summed E-state index contributed by atoms with van der Waals surface area (Å²) < 4.78 is 59.6. The molecular formula is C18H16F4N8O3. The first kappa shape index (κ1) is 21.1. The number of halogens is 4. The third kappa shape index (κ3) is 4.17. The highest BCUT2D eigenvalue weighted by atomic mass is 19.3. The van der Waals surface area contributed by atoms with Gasteiger partial charge in [0, 0.05) is 13.0 Å². The van der Waals surface area contributed by atoms with E-state index < -0.39 is 49.2 Å². The summed E-state index contributed by atoms with van der Waals surface area (Å²) in [6, 6.07) is 0.978. The summed E-state index contributed by atoms with van der Waals surface area (Å²) in [6.45, 7) is -1.56. The predicted octanol–water partition coefficient (Wildman–Crippen LogP) is 1.33. The Morgan fingerprint density at radius 2 is 2.09 bits per heavy atom. The minimum Gasteiger partial charge on any atom is -0.345 e. The highest BCUT2D eigenvalue weighted by Gasteiger charge is 2.60. The van der Waals surface area contributed by atoms with E-state index in [2.05, 4.69) is 35.7 Å². The van der Waals surface area contributed by atoms with Gasteiger partial charge in [0.05, 0.1) is 43.6 Å². The molecule has 1 atom stereocenters. The van der Waals surface area contributed by atoms with Gasteiger partial charge in [-0.3, -0.25) is 4.79 Å². The molecule has 2 fully saturated rings. The molecule has 1 unspecified atom stereocenters. The number of fused-ring (bicyclic) bond motifs is 1. The van der Waals surface area contributed by atoms with Crippen molar-refractivity contribution >= 4 is 17.6 Å². The fraction of sp³-hybridized carbons (Fsp3) is 0.444. The second kappa shape index (κ2) is 7.38. The lowest BCUT2D eigenvalue weighted by Gasteiger charge is -2.32. The summed E-state index contributed by atoms with van der Waals surface area (Å²) in [7, 11) is 0. The highest BCUT2D eigenvalue weighted by molar-refractivity contribution is 5.93. The van der Waals surface area contributed by atoms with Crippen LogP contribution in [0.25, 0.3) is 5.65 Å². The fourth-order valence-electron chi connectivity index (χ4n) is 3.55.